The fourth-order valence-electron chi connectivity index (χ4n) is 6.31. The summed E-state index contributed by atoms with van der Waals surface area (Å²) in [7, 11) is 0. The largest absolute Gasteiger partial charge is 0.258 e. The maximum atomic E-state index is 5.08. The molecule has 0 bridgehead atoms. The number of rotatable bonds is 5. The first-order valence-corrected chi connectivity index (χ1v) is 15.5. The molecule has 46 heavy (non-hydrogen) atoms. The molecule has 0 unspecified atom stereocenters. The van der Waals surface area contributed by atoms with E-state index < -0.39 is 0 Å². The topological polar surface area (TPSA) is 51.6 Å². The van der Waals surface area contributed by atoms with Gasteiger partial charge in [0.25, 0.3) is 0 Å². The maximum Gasteiger partial charge on any atom is 0.164 e. The molecule has 0 atom stereocenters. The Balaban J connectivity index is 1.42. The SMILES string of the molecule is Cc1cc(-c2cc(-c3nc(-c4ccccc4)nc(-c4ccccc4)n3)cc(-c3cc4ccccc4c4ccccc34)c2)cc(C)n1. The first-order valence-electron chi connectivity index (χ1n) is 15.5. The average Bonchev–Trinajstić information content (AvgIpc) is 3.11. The Hall–Kier alpha value is -6.00. The van der Waals surface area contributed by atoms with Crippen molar-refractivity contribution < 1.29 is 0 Å². The zero-order chi connectivity index (χ0) is 31.0. The van der Waals surface area contributed by atoms with Crippen molar-refractivity contribution in [1.82, 2.24) is 19.9 Å². The number of benzene rings is 6. The molecule has 0 saturated heterocycles. The van der Waals surface area contributed by atoms with Gasteiger partial charge in [0.2, 0.25) is 0 Å². The van der Waals surface area contributed by atoms with Gasteiger partial charge in [-0.2, -0.15) is 0 Å². The van der Waals surface area contributed by atoms with Crippen LogP contribution in [0.25, 0.3) is 78.0 Å². The van der Waals surface area contributed by atoms with Crippen LogP contribution in [-0.2, 0) is 0 Å². The molecule has 218 valence electrons. The molecule has 0 N–H and O–H groups in total. The van der Waals surface area contributed by atoms with Crippen LogP contribution in [0.5, 0.6) is 0 Å². The van der Waals surface area contributed by atoms with Gasteiger partial charge >= 0.3 is 0 Å². The number of hydrogen-bond acceptors (Lipinski definition) is 4. The van der Waals surface area contributed by atoms with E-state index in [4.69, 9.17) is 15.0 Å². The van der Waals surface area contributed by atoms with Crippen molar-refractivity contribution in [3.8, 4) is 56.4 Å². The molecule has 0 radical (unpaired) electrons. The zero-order valence-electron chi connectivity index (χ0n) is 25.6. The second kappa shape index (κ2) is 11.5. The average molecular weight is 591 g/mol. The van der Waals surface area contributed by atoms with E-state index in [0.29, 0.717) is 17.5 Å². The first-order chi connectivity index (χ1) is 22.6. The maximum absolute atomic E-state index is 5.08. The Morgan fingerprint density at radius 2 is 0.783 bits per heavy atom. The quantitative estimate of drug-likeness (QED) is 0.187. The van der Waals surface area contributed by atoms with Crippen LogP contribution in [0.1, 0.15) is 11.4 Å². The second-order valence-corrected chi connectivity index (χ2v) is 11.7. The van der Waals surface area contributed by atoms with Crippen LogP contribution >= 0.6 is 0 Å². The van der Waals surface area contributed by atoms with E-state index in [0.717, 1.165) is 44.8 Å². The third-order valence-corrected chi connectivity index (χ3v) is 8.38. The highest BCUT2D eigenvalue weighted by molar-refractivity contribution is 6.14. The Labute approximate surface area is 268 Å². The van der Waals surface area contributed by atoms with Crippen molar-refractivity contribution in [2.75, 3.05) is 0 Å². The van der Waals surface area contributed by atoms with Crippen molar-refractivity contribution in [2.24, 2.45) is 0 Å². The first kappa shape index (κ1) is 27.5. The lowest BCUT2D eigenvalue weighted by molar-refractivity contribution is 1.07. The molecule has 0 aliphatic heterocycles. The molecule has 2 heterocycles. The Morgan fingerprint density at radius 3 is 1.41 bits per heavy atom. The third-order valence-electron chi connectivity index (χ3n) is 8.38. The summed E-state index contributed by atoms with van der Waals surface area (Å²) >= 11 is 0. The number of fused-ring (bicyclic) bond motifs is 3. The molecule has 6 aromatic carbocycles. The van der Waals surface area contributed by atoms with Gasteiger partial charge in [-0.3, -0.25) is 4.98 Å². The summed E-state index contributed by atoms with van der Waals surface area (Å²) in [5, 5.41) is 4.89. The van der Waals surface area contributed by atoms with Gasteiger partial charge in [-0.1, -0.05) is 109 Å². The molecule has 2 aromatic heterocycles. The Morgan fingerprint density at radius 1 is 0.326 bits per heavy atom. The summed E-state index contributed by atoms with van der Waals surface area (Å²) in [5.41, 5.74) is 9.24. The van der Waals surface area contributed by atoms with E-state index >= 15 is 0 Å². The summed E-state index contributed by atoms with van der Waals surface area (Å²) < 4.78 is 0. The van der Waals surface area contributed by atoms with Crippen molar-refractivity contribution in [2.45, 2.75) is 13.8 Å². The van der Waals surface area contributed by atoms with Gasteiger partial charge in [0.05, 0.1) is 0 Å². The van der Waals surface area contributed by atoms with Crippen LogP contribution in [0, 0.1) is 13.8 Å². The molecule has 0 fully saturated rings. The van der Waals surface area contributed by atoms with Crippen LogP contribution in [0.2, 0.25) is 0 Å². The number of aryl methyl sites for hydroxylation is 2. The van der Waals surface area contributed by atoms with Crippen molar-refractivity contribution in [3.63, 3.8) is 0 Å². The molecule has 0 amide bonds. The highest BCUT2D eigenvalue weighted by atomic mass is 15.0. The van der Waals surface area contributed by atoms with E-state index in [9.17, 15) is 0 Å². The Bertz CT molecular complexity index is 2300. The number of pyridine rings is 1. The van der Waals surface area contributed by atoms with Crippen molar-refractivity contribution in [1.29, 1.82) is 0 Å². The van der Waals surface area contributed by atoms with Crippen LogP contribution in [-0.4, -0.2) is 19.9 Å². The molecule has 4 nitrogen and oxygen atoms in total. The monoisotopic (exact) mass is 590 g/mol. The van der Waals surface area contributed by atoms with E-state index in [-0.39, 0.29) is 0 Å². The van der Waals surface area contributed by atoms with E-state index in [1.165, 1.54) is 27.1 Å². The minimum atomic E-state index is 0.628. The lowest BCUT2D eigenvalue weighted by Gasteiger charge is -2.15. The lowest BCUT2D eigenvalue weighted by Crippen LogP contribution is -2.00. The number of aromatic nitrogens is 4. The van der Waals surface area contributed by atoms with Crippen LogP contribution in [0.15, 0.2) is 146 Å². The Kier molecular flexibility index (Phi) is 6.88. The predicted octanol–water partition coefficient (Wildman–Crippen LogP) is 10.5. The molecular formula is C42H30N4. The summed E-state index contributed by atoms with van der Waals surface area (Å²) in [6.07, 6.45) is 0. The number of nitrogens with zero attached hydrogens (tertiary/aromatic N) is 4. The summed E-state index contributed by atoms with van der Waals surface area (Å²) in [5.74, 6) is 1.91. The van der Waals surface area contributed by atoms with Gasteiger partial charge in [-0.05, 0) is 94.0 Å². The molecular weight excluding hydrogens is 560 g/mol. The highest BCUT2D eigenvalue weighted by Gasteiger charge is 2.16. The molecule has 4 heteroatoms. The molecule has 0 aliphatic rings. The van der Waals surface area contributed by atoms with Gasteiger partial charge in [0.15, 0.2) is 17.5 Å². The minimum absolute atomic E-state index is 0.628. The third kappa shape index (κ3) is 5.20. The zero-order valence-corrected chi connectivity index (χ0v) is 25.6. The van der Waals surface area contributed by atoms with Crippen molar-refractivity contribution >= 4 is 21.5 Å². The standard InChI is InChI=1S/C42H30N4/c1-27-21-32(22-28(2)43-27)33-23-34(39-26-31-17-9-10-18-36(31)37-19-11-12-20-38(37)39)25-35(24-33)42-45-40(29-13-5-3-6-14-29)44-41(46-42)30-15-7-4-8-16-30/h3-26H,1-2H3. The smallest absolute Gasteiger partial charge is 0.164 e. The normalized spacial score (nSPS) is 11.3. The molecule has 8 aromatic rings. The summed E-state index contributed by atoms with van der Waals surface area (Å²) in [4.78, 5) is 19.7. The molecule has 8 rings (SSSR count). The van der Waals surface area contributed by atoms with Crippen LogP contribution in [0.4, 0.5) is 0 Å². The van der Waals surface area contributed by atoms with E-state index in [1.54, 1.807) is 0 Å². The van der Waals surface area contributed by atoms with Gasteiger partial charge in [0, 0.05) is 28.1 Å². The van der Waals surface area contributed by atoms with Gasteiger partial charge < -0.3 is 0 Å². The molecule has 0 spiro atoms. The fraction of sp³-hybridized carbons (Fsp3) is 0.0476. The minimum Gasteiger partial charge on any atom is -0.258 e. The fourth-order valence-corrected chi connectivity index (χ4v) is 6.31. The van der Waals surface area contributed by atoms with E-state index in [2.05, 4.69) is 89.9 Å². The van der Waals surface area contributed by atoms with E-state index in [1.807, 2.05) is 74.5 Å². The van der Waals surface area contributed by atoms with Gasteiger partial charge in [-0.15, -0.1) is 0 Å². The van der Waals surface area contributed by atoms with Gasteiger partial charge in [-0.25, -0.2) is 15.0 Å². The van der Waals surface area contributed by atoms with Crippen LogP contribution in [0.3, 0.4) is 0 Å². The lowest BCUT2D eigenvalue weighted by atomic mass is 9.90. The summed E-state index contributed by atoms with van der Waals surface area (Å²) in [6.45, 7) is 4.09. The number of hydrogen-bond donors (Lipinski definition) is 0. The van der Waals surface area contributed by atoms with Crippen LogP contribution < -0.4 is 0 Å². The highest BCUT2D eigenvalue weighted by Crippen LogP contribution is 2.39. The van der Waals surface area contributed by atoms with Crippen molar-refractivity contribution in [3.05, 3.63) is 157 Å². The molecule has 0 aliphatic carbocycles. The predicted molar refractivity (Wildman–Crippen MR) is 189 cm³/mol. The summed E-state index contributed by atoms with van der Waals surface area (Å²) in [6, 6.07) is 50.8. The second-order valence-electron chi connectivity index (χ2n) is 11.7. The van der Waals surface area contributed by atoms with Gasteiger partial charge in [0.1, 0.15) is 0 Å². The molecule has 0 saturated carbocycles.